The lowest BCUT2D eigenvalue weighted by atomic mass is 10.1. The van der Waals surface area contributed by atoms with E-state index in [0.29, 0.717) is 18.8 Å². The molecule has 1 aromatic carbocycles. The second-order valence-corrected chi connectivity index (χ2v) is 9.56. The molecule has 3 rings (SSSR count). The van der Waals surface area contributed by atoms with Crippen LogP contribution in [0.4, 0.5) is 0 Å². The number of nitrogens with zero attached hydrogens (tertiary/aromatic N) is 3. The fourth-order valence-corrected chi connectivity index (χ4v) is 4.97. The lowest BCUT2D eigenvalue weighted by Gasteiger charge is -2.24. The summed E-state index contributed by atoms with van der Waals surface area (Å²) >= 11 is 1.50. The number of aromatic nitrogens is 1. The molecule has 150 valence electrons. The minimum absolute atomic E-state index is 0.172. The Labute approximate surface area is 168 Å². The Morgan fingerprint density at radius 2 is 1.96 bits per heavy atom. The predicted molar refractivity (Wildman–Crippen MR) is 108 cm³/mol. The minimum atomic E-state index is -3.47. The molecule has 8 nitrogen and oxygen atoms in total. The van der Waals surface area contributed by atoms with Crippen LogP contribution in [0.15, 0.2) is 39.6 Å². The molecule has 2 aromatic rings. The molecular formula is C18H24N5O3S2+. The van der Waals surface area contributed by atoms with Crippen LogP contribution in [0.1, 0.15) is 23.2 Å². The van der Waals surface area contributed by atoms with E-state index in [0.717, 1.165) is 29.4 Å². The van der Waals surface area contributed by atoms with Crippen LogP contribution in [-0.2, 0) is 21.2 Å². The van der Waals surface area contributed by atoms with E-state index in [1.54, 1.807) is 31.2 Å². The first-order valence-corrected chi connectivity index (χ1v) is 11.3. The quantitative estimate of drug-likeness (QED) is 0.508. The summed E-state index contributed by atoms with van der Waals surface area (Å²) in [6, 6.07) is 6.58. The summed E-state index contributed by atoms with van der Waals surface area (Å²) in [5.41, 5.74) is 4.58. The highest BCUT2D eigenvalue weighted by molar-refractivity contribution is 7.89. The SMILES string of the molecule is C/C(=N/NC(=O)Cc1csc(C)n1)c1ccc(S(=O)(=O)N2CC[NH2+]CC2)cc1. The van der Waals surface area contributed by atoms with Crippen LogP contribution in [0.25, 0.3) is 0 Å². The number of nitrogens with two attached hydrogens (primary N) is 1. The largest absolute Gasteiger partial charge is 0.344 e. The third-order valence-corrected chi connectivity index (χ3v) is 7.17. The Morgan fingerprint density at radius 3 is 2.57 bits per heavy atom. The van der Waals surface area contributed by atoms with Gasteiger partial charge < -0.3 is 5.32 Å². The smallest absolute Gasteiger partial charge is 0.246 e. The predicted octanol–water partition coefficient (Wildman–Crippen LogP) is 0.102. The number of benzene rings is 1. The van der Waals surface area contributed by atoms with Crippen LogP contribution in [0.5, 0.6) is 0 Å². The average molecular weight is 423 g/mol. The normalized spacial score (nSPS) is 16.1. The Morgan fingerprint density at radius 1 is 1.29 bits per heavy atom. The van der Waals surface area contributed by atoms with Crippen molar-refractivity contribution in [2.24, 2.45) is 5.10 Å². The number of sulfonamides is 1. The maximum absolute atomic E-state index is 12.7. The molecule has 0 radical (unpaired) electrons. The highest BCUT2D eigenvalue weighted by atomic mass is 32.2. The molecule has 1 aliphatic heterocycles. The molecule has 0 atom stereocenters. The van der Waals surface area contributed by atoms with Crippen LogP contribution in [0.3, 0.4) is 0 Å². The number of carbonyl (C=O) groups excluding carboxylic acids is 1. The van der Waals surface area contributed by atoms with Crippen molar-refractivity contribution in [3.8, 4) is 0 Å². The van der Waals surface area contributed by atoms with Gasteiger partial charge in [-0.15, -0.1) is 11.3 Å². The van der Waals surface area contributed by atoms with Gasteiger partial charge in [-0.3, -0.25) is 4.79 Å². The maximum Gasteiger partial charge on any atom is 0.246 e. The summed E-state index contributed by atoms with van der Waals surface area (Å²) in [7, 11) is -3.47. The molecule has 1 aromatic heterocycles. The van der Waals surface area contributed by atoms with Crippen molar-refractivity contribution in [3.63, 3.8) is 0 Å². The standard InChI is InChI=1S/C18H23N5O3S2/c1-13(21-22-18(24)11-16-12-27-14(2)20-16)15-3-5-17(6-4-15)28(25,26)23-9-7-19-8-10-23/h3-6,12,19H,7-11H2,1-2H3,(H,22,24)/p+1/b21-13-. The average Bonchev–Trinajstić information content (AvgIpc) is 3.11. The number of hydrogen-bond acceptors (Lipinski definition) is 6. The zero-order valence-corrected chi connectivity index (χ0v) is 17.5. The zero-order chi connectivity index (χ0) is 20.1. The highest BCUT2D eigenvalue weighted by Gasteiger charge is 2.27. The summed E-state index contributed by atoms with van der Waals surface area (Å²) in [5, 5.41) is 8.99. The molecule has 0 aliphatic carbocycles. The Kier molecular flexibility index (Phi) is 6.55. The number of aryl methyl sites for hydroxylation is 1. The number of thiazole rings is 1. The molecule has 2 heterocycles. The van der Waals surface area contributed by atoms with Gasteiger partial charge in [-0.25, -0.2) is 18.8 Å². The molecule has 1 amide bonds. The van der Waals surface area contributed by atoms with Gasteiger partial charge in [0.2, 0.25) is 15.9 Å². The van der Waals surface area contributed by atoms with Crippen LogP contribution < -0.4 is 10.7 Å². The lowest BCUT2D eigenvalue weighted by molar-refractivity contribution is -0.661. The maximum atomic E-state index is 12.7. The highest BCUT2D eigenvalue weighted by Crippen LogP contribution is 2.17. The Balaban J connectivity index is 1.63. The first kappa shape index (κ1) is 20.6. The third-order valence-electron chi connectivity index (χ3n) is 4.43. The van der Waals surface area contributed by atoms with Crippen molar-refractivity contribution in [3.05, 3.63) is 45.9 Å². The Hall–Kier alpha value is -2.14. The van der Waals surface area contributed by atoms with Crippen molar-refractivity contribution in [1.29, 1.82) is 0 Å². The molecule has 3 N–H and O–H groups in total. The first-order chi connectivity index (χ1) is 13.4. The number of nitrogens with one attached hydrogen (secondary N) is 1. The van der Waals surface area contributed by atoms with Crippen molar-refractivity contribution in [2.75, 3.05) is 26.2 Å². The molecule has 28 heavy (non-hydrogen) atoms. The van der Waals surface area contributed by atoms with Crippen LogP contribution in [0.2, 0.25) is 0 Å². The number of hydrazone groups is 1. The van der Waals surface area contributed by atoms with Gasteiger partial charge in [0.25, 0.3) is 0 Å². The summed E-state index contributed by atoms with van der Waals surface area (Å²) in [6.45, 7) is 6.26. The van der Waals surface area contributed by atoms with Crippen LogP contribution in [0, 0.1) is 6.92 Å². The fraction of sp³-hybridized carbons (Fsp3) is 0.389. The van der Waals surface area contributed by atoms with Crippen molar-refractivity contribution in [1.82, 2.24) is 14.7 Å². The molecular weight excluding hydrogens is 398 g/mol. The van der Waals surface area contributed by atoms with Gasteiger partial charge in [0.15, 0.2) is 0 Å². The van der Waals surface area contributed by atoms with Gasteiger partial charge in [-0.1, -0.05) is 12.1 Å². The van der Waals surface area contributed by atoms with E-state index in [9.17, 15) is 13.2 Å². The number of quaternary nitrogens is 1. The molecule has 1 fully saturated rings. The van der Waals surface area contributed by atoms with Crippen molar-refractivity contribution in [2.45, 2.75) is 25.2 Å². The second-order valence-electron chi connectivity index (χ2n) is 6.56. The van der Waals surface area contributed by atoms with E-state index in [2.05, 4.69) is 20.8 Å². The van der Waals surface area contributed by atoms with Crippen molar-refractivity contribution >= 4 is 33.0 Å². The summed E-state index contributed by atoms with van der Waals surface area (Å²) < 4.78 is 26.9. The van der Waals surface area contributed by atoms with E-state index in [1.807, 2.05) is 12.3 Å². The summed E-state index contributed by atoms with van der Waals surface area (Å²) in [5.74, 6) is -0.245. The number of hydrogen-bond donors (Lipinski definition) is 2. The second kappa shape index (κ2) is 8.91. The number of rotatable bonds is 6. The van der Waals surface area contributed by atoms with Gasteiger partial charge in [-0.05, 0) is 31.5 Å². The van der Waals surface area contributed by atoms with Crippen molar-refractivity contribution < 1.29 is 18.5 Å². The summed E-state index contributed by atoms with van der Waals surface area (Å²) in [4.78, 5) is 16.5. The monoisotopic (exact) mass is 422 g/mol. The minimum Gasteiger partial charge on any atom is -0.344 e. The van der Waals surface area contributed by atoms with E-state index < -0.39 is 10.0 Å². The Bertz CT molecular complexity index is 961. The van der Waals surface area contributed by atoms with Gasteiger partial charge in [0.05, 0.1) is 53.9 Å². The van der Waals surface area contributed by atoms with E-state index in [4.69, 9.17) is 0 Å². The van der Waals surface area contributed by atoms with Gasteiger partial charge in [0, 0.05) is 5.38 Å². The molecule has 0 saturated carbocycles. The molecule has 0 bridgehead atoms. The molecule has 0 unspecified atom stereocenters. The van der Waals surface area contributed by atoms with Gasteiger partial charge >= 0.3 is 0 Å². The molecule has 1 saturated heterocycles. The number of amides is 1. The van der Waals surface area contributed by atoms with E-state index >= 15 is 0 Å². The topological polar surface area (TPSA) is 108 Å². The van der Waals surface area contributed by atoms with Gasteiger partial charge in [-0.2, -0.15) is 9.41 Å². The van der Waals surface area contributed by atoms with Crippen LogP contribution >= 0.6 is 11.3 Å². The lowest BCUT2D eigenvalue weighted by Crippen LogP contribution is -2.89. The van der Waals surface area contributed by atoms with Gasteiger partial charge in [0.1, 0.15) is 0 Å². The third kappa shape index (κ3) is 5.02. The number of carbonyl (C=O) groups is 1. The van der Waals surface area contributed by atoms with E-state index in [-0.39, 0.29) is 17.2 Å². The van der Waals surface area contributed by atoms with E-state index in [1.165, 1.54) is 15.6 Å². The molecule has 1 aliphatic rings. The van der Waals surface area contributed by atoms with Crippen LogP contribution in [-0.4, -0.2) is 55.5 Å². The summed E-state index contributed by atoms with van der Waals surface area (Å²) in [6.07, 6.45) is 0.172. The molecule has 10 heteroatoms. The first-order valence-electron chi connectivity index (χ1n) is 9.02. The molecule has 0 spiro atoms. The fourth-order valence-electron chi connectivity index (χ4n) is 2.89. The number of piperazine rings is 1. The zero-order valence-electron chi connectivity index (χ0n) is 15.9.